The third-order valence-electron chi connectivity index (χ3n) is 2.56. The van der Waals surface area contributed by atoms with Crippen molar-refractivity contribution in [2.24, 2.45) is 0 Å². The van der Waals surface area contributed by atoms with E-state index in [1.165, 1.54) is 19.3 Å². The maximum Gasteiger partial charge on any atom is 0.0615 e. The van der Waals surface area contributed by atoms with E-state index in [0.717, 1.165) is 13.0 Å². The predicted molar refractivity (Wildman–Crippen MR) is 55.9 cm³/mol. The zero-order valence-corrected chi connectivity index (χ0v) is 8.75. The molecule has 1 N–H and O–H groups in total. The summed E-state index contributed by atoms with van der Waals surface area (Å²) >= 11 is 0. The first kappa shape index (κ1) is 10.7. The molecule has 0 aromatic heterocycles. The first-order chi connectivity index (χ1) is 6.36. The minimum atomic E-state index is 0.512. The van der Waals surface area contributed by atoms with Crippen LogP contribution in [0.25, 0.3) is 0 Å². The summed E-state index contributed by atoms with van der Waals surface area (Å²) < 4.78 is 5.15. The summed E-state index contributed by atoms with van der Waals surface area (Å²) in [4.78, 5) is 0. The number of rotatable bonds is 5. The van der Waals surface area contributed by atoms with Crippen LogP contribution in [0.1, 0.15) is 32.6 Å². The van der Waals surface area contributed by atoms with Gasteiger partial charge < -0.3 is 10.1 Å². The fourth-order valence-corrected chi connectivity index (χ4v) is 1.74. The Bertz CT molecular complexity index is 156. The van der Waals surface area contributed by atoms with Crippen LogP contribution in [0.5, 0.6) is 0 Å². The fraction of sp³-hybridized carbons (Fsp3) is 0.818. The van der Waals surface area contributed by atoms with Crippen LogP contribution in [0.2, 0.25) is 0 Å². The molecular weight excluding hydrogens is 162 g/mol. The molecule has 0 radical (unpaired) electrons. The molecule has 76 valence electrons. The van der Waals surface area contributed by atoms with Crippen molar-refractivity contribution in [2.75, 3.05) is 13.7 Å². The summed E-state index contributed by atoms with van der Waals surface area (Å²) in [6.07, 6.45) is 9.55. The van der Waals surface area contributed by atoms with Crippen LogP contribution in [-0.2, 0) is 4.74 Å². The van der Waals surface area contributed by atoms with Gasteiger partial charge in [0.25, 0.3) is 0 Å². The largest absolute Gasteiger partial charge is 0.383 e. The van der Waals surface area contributed by atoms with E-state index in [-0.39, 0.29) is 0 Å². The number of hydrogen-bond donors (Lipinski definition) is 1. The van der Waals surface area contributed by atoms with Crippen LogP contribution in [0, 0.1) is 0 Å². The Morgan fingerprint density at radius 1 is 1.62 bits per heavy atom. The molecule has 2 heteroatoms. The lowest BCUT2D eigenvalue weighted by atomic mass is 10.0. The molecule has 2 nitrogen and oxygen atoms in total. The number of hydrogen-bond acceptors (Lipinski definition) is 2. The third-order valence-corrected chi connectivity index (χ3v) is 2.56. The maximum absolute atomic E-state index is 5.15. The lowest BCUT2D eigenvalue weighted by Gasteiger charge is -2.24. The quantitative estimate of drug-likeness (QED) is 0.659. The molecule has 0 aliphatic heterocycles. The number of nitrogens with one attached hydrogen (secondary N) is 1. The van der Waals surface area contributed by atoms with Gasteiger partial charge in [0.15, 0.2) is 0 Å². The van der Waals surface area contributed by atoms with Crippen molar-refractivity contribution in [3.05, 3.63) is 12.2 Å². The Labute approximate surface area is 81.4 Å². The van der Waals surface area contributed by atoms with Crippen LogP contribution in [0.3, 0.4) is 0 Å². The van der Waals surface area contributed by atoms with E-state index in [1.54, 1.807) is 7.11 Å². The highest BCUT2D eigenvalue weighted by molar-refractivity contribution is 4.98. The minimum absolute atomic E-state index is 0.512. The molecule has 13 heavy (non-hydrogen) atoms. The Morgan fingerprint density at radius 2 is 2.46 bits per heavy atom. The van der Waals surface area contributed by atoms with Crippen molar-refractivity contribution in [1.82, 2.24) is 5.32 Å². The highest BCUT2D eigenvalue weighted by atomic mass is 16.5. The predicted octanol–water partition coefficient (Wildman–Crippen LogP) is 2.11. The van der Waals surface area contributed by atoms with Gasteiger partial charge >= 0.3 is 0 Å². The molecule has 0 saturated carbocycles. The van der Waals surface area contributed by atoms with Crippen molar-refractivity contribution in [2.45, 2.75) is 44.7 Å². The highest BCUT2D eigenvalue weighted by Gasteiger charge is 2.12. The van der Waals surface area contributed by atoms with E-state index in [9.17, 15) is 0 Å². The van der Waals surface area contributed by atoms with Gasteiger partial charge in [0.1, 0.15) is 0 Å². The first-order valence-corrected chi connectivity index (χ1v) is 5.28. The van der Waals surface area contributed by atoms with Crippen LogP contribution >= 0.6 is 0 Å². The summed E-state index contributed by atoms with van der Waals surface area (Å²) in [6.45, 7) is 3.02. The number of methoxy groups -OCH3 is 1. The van der Waals surface area contributed by atoms with Crippen molar-refractivity contribution in [1.29, 1.82) is 0 Å². The Hall–Kier alpha value is -0.340. The van der Waals surface area contributed by atoms with Gasteiger partial charge in [0.05, 0.1) is 6.61 Å². The molecule has 0 saturated heterocycles. The molecular formula is C11H21NO. The molecule has 0 spiro atoms. The van der Waals surface area contributed by atoms with Gasteiger partial charge in [0, 0.05) is 19.2 Å². The summed E-state index contributed by atoms with van der Waals surface area (Å²) in [5.41, 5.74) is 0. The fourth-order valence-electron chi connectivity index (χ4n) is 1.74. The van der Waals surface area contributed by atoms with Crippen LogP contribution in [0.15, 0.2) is 12.2 Å². The second-order valence-corrected chi connectivity index (χ2v) is 3.69. The second-order valence-electron chi connectivity index (χ2n) is 3.69. The van der Waals surface area contributed by atoms with E-state index in [1.807, 2.05) is 0 Å². The van der Waals surface area contributed by atoms with Crippen LogP contribution < -0.4 is 5.32 Å². The second kappa shape index (κ2) is 6.17. The minimum Gasteiger partial charge on any atom is -0.383 e. The van der Waals surface area contributed by atoms with Gasteiger partial charge in [0.2, 0.25) is 0 Å². The molecule has 0 aromatic carbocycles. The Balaban J connectivity index is 2.27. The molecule has 1 aliphatic carbocycles. The zero-order chi connectivity index (χ0) is 9.52. The van der Waals surface area contributed by atoms with Gasteiger partial charge in [-0.05, 0) is 25.7 Å². The first-order valence-electron chi connectivity index (χ1n) is 5.28. The summed E-state index contributed by atoms with van der Waals surface area (Å²) in [7, 11) is 1.76. The monoisotopic (exact) mass is 183 g/mol. The average Bonchev–Trinajstić information content (AvgIpc) is 2.19. The molecule has 0 fully saturated rings. The van der Waals surface area contributed by atoms with E-state index < -0.39 is 0 Å². The molecule has 0 bridgehead atoms. The van der Waals surface area contributed by atoms with Crippen LogP contribution in [0.4, 0.5) is 0 Å². The van der Waals surface area contributed by atoms with Gasteiger partial charge in [-0.1, -0.05) is 19.1 Å². The molecule has 0 heterocycles. The van der Waals surface area contributed by atoms with Gasteiger partial charge in [-0.15, -0.1) is 0 Å². The Kier molecular flexibility index (Phi) is 5.09. The lowest BCUT2D eigenvalue weighted by molar-refractivity contribution is 0.160. The topological polar surface area (TPSA) is 21.3 Å². The van der Waals surface area contributed by atoms with Crippen molar-refractivity contribution >= 4 is 0 Å². The van der Waals surface area contributed by atoms with Gasteiger partial charge in [-0.2, -0.15) is 0 Å². The van der Waals surface area contributed by atoms with E-state index in [0.29, 0.717) is 12.1 Å². The highest BCUT2D eigenvalue weighted by Crippen LogP contribution is 2.11. The molecule has 2 atom stereocenters. The van der Waals surface area contributed by atoms with Crippen molar-refractivity contribution in [3.63, 3.8) is 0 Å². The Morgan fingerprint density at radius 3 is 3.00 bits per heavy atom. The van der Waals surface area contributed by atoms with Crippen molar-refractivity contribution in [3.8, 4) is 0 Å². The average molecular weight is 183 g/mol. The van der Waals surface area contributed by atoms with Crippen molar-refractivity contribution < 1.29 is 4.74 Å². The molecule has 1 aliphatic rings. The van der Waals surface area contributed by atoms with E-state index >= 15 is 0 Å². The molecule has 2 unspecified atom stereocenters. The summed E-state index contributed by atoms with van der Waals surface area (Å²) in [5.74, 6) is 0. The van der Waals surface area contributed by atoms with Gasteiger partial charge in [-0.25, -0.2) is 0 Å². The summed E-state index contributed by atoms with van der Waals surface area (Å²) in [6, 6.07) is 1.09. The molecule has 0 aromatic rings. The standard InChI is InChI=1S/C11H21NO/c1-3-10(9-13-2)12-11-7-5-4-6-8-11/h5,7,10-12H,3-4,6,8-9H2,1-2H3. The van der Waals surface area contributed by atoms with E-state index in [4.69, 9.17) is 4.74 Å². The molecule has 0 amide bonds. The maximum atomic E-state index is 5.15. The van der Waals surface area contributed by atoms with Crippen LogP contribution in [-0.4, -0.2) is 25.8 Å². The normalized spacial score (nSPS) is 24.6. The molecule has 1 rings (SSSR count). The SMILES string of the molecule is CCC(COC)NC1C=CCCC1. The lowest BCUT2D eigenvalue weighted by Crippen LogP contribution is -2.40. The van der Waals surface area contributed by atoms with Gasteiger partial charge in [-0.3, -0.25) is 0 Å². The summed E-state index contributed by atoms with van der Waals surface area (Å²) in [5, 5.41) is 3.59. The van der Waals surface area contributed by atoms with E-state index in [2.05, 4.69) is 24.4 Å². The number of allylic oxidation sites excluding steroid dienone is 1. The smallest absolute Gasteiger partial charge is 0.0615 e. The zero-order valence-electron chi connectivity index (χ0n) is 8.75. The third kappa shape index (κ3) is 3.92. The number of ether oxygens (including phenoxy) is 1.